The van der Waals surface area contributed by atoms with Gasteiger partial charge in [0.1, 0.15) is 0 Å². The van der Waals surface area contributed by atoms with Gasteiger partial charge in [-0.25, -0.2) is 0 Å². The van der Waals surface area contributed by atoms with Gasteiger partial charge in [0.25, 0.3) is 0 Å². The van der Waals surface area contributed by atoms with Crippen molar-refractivity contribution in [1.29, 1.82) is 0 Å². The normalized spacial score (nSPS) is 15.1. The first-order chi connectivity index (χ1) is 6.72. The largest absolute Gasteiger partial charge is 0.327 e. The average molecular weight is 192 g/mol. The molecular formula is C12H20N2. The highest BCUT2D eigenvalue weighted by molar-refractivity contribution is 5.04. The molecule has 0 saturated carbocycles. The van der Waals surface area contributed by atoms with Gasteiger partial charge in [0, 0.05) is 24.4 Å². The fourth-order valence-electron chi connectivity index (χ4n) is 1.55. The van der Waals surface area contributed by atoms with Gasteiger partial charge in [0.2, 0.25) is 0 Å². The lowest BCUT2D eigenvalue weighted by atomic mass is 9.97. The molecule has 0 spiro atoms. The summed E-state index contributed by atoms with van der Waals surface area (Å²) in [4.78, 5) is 4.27. The first-order valence-electron chi connectivity index (χ1n) is 5.37. The molecule has 2 atom stereocenters. The van der Waals surface area contributed by atoms with Gasteiger partial charge in [-0.05, 0) is 24.5 Å². The number of rotatable bonds is 5. The van der Waals surface area contributed by atoms with Crippen molar-refractivity contribution >= 4 is 0 Å². The molecule has 0 aromatic carbocycles. The molecule has 0 radical (unpaired) electrons. The van der Waals surface area contributed by atoms with E-state index < -0.39 is 0 Å². The SMILES string of the molecule is CCC(C)CC(N)Cc1ccccn1. The lowest BCUT2D eigenvalue weighted by Gasteiger charge is -2.15. The minimum absolute atomic E-state index is 0.250. The summed E-state index contributed by atoms with van der Waals surface area (Å²) in [6, 6.07) is 6.23. The second-order valence-electron chi connectivity index (χ2n) is 4.03. The van der Waals surface area contributed by atoms with E-state index in [2.05, 4.69) is 18.8 Å². The zero-order chi connectivity index (χ0) is 10.4. The first-order valence-corrected chi connectivity index (χ1v) is 5.37. The molecule has 0 bridgehead atoms. The van der Waals surface area contributed by atoms with Crippen LogP contribution in [0.15, 0.2) is 24.4 Å². The van der Waals surface area contributed by atoms with E-state index in [0.29, 0.717) is 5.92 Å². The van der Waals surface area contributed by atoms with Crippen molar-refractivity contribution in [2.24, 2.45) is 11.7 Å². The molecule has 0 fully saturated rings. The summed E-state index contributed by atoms with van der Waals surface area (Å²) < 4.78 is 0. The Bertz CT molecular complexity index is 246. The number of hydrogen-bond donors (Lipinski definition) is 1. The first kappa shape index (κ1) is 11.2. The fraction of sp³-hybridized carbons (Fsp3) is 0.583. The van der Waals surface area contributed by atoms with Crippen molar-refractivity contribution in [2.75, 3.05) is 0 Å². The van der Waals surface area contributed by atoms with Crippen LogP contribution in [0.3, 0.4) is 0 Å². The maximum absolute atomic E-state index is 6.04. The zero-order valence-electron chi connectivity index (χ0n) is 9.11. The maximum Gasteiger partial charge on any atom is 0.0419 e. The Balaban J connectivity index is 2.37. The molecule has 2 nitrogen and oxygen atoms in total. The van der Waals surface area contributed by atoms with Crippen molar-refractivity contribution in [3.05, 3.63) is 30.1 Å². The smallest absolute Gasteiger partial charge is 0.0419 e. The lowest BCUT2D eigenvalue weighted by molar-refractivity contribution is 0.448. The maximum atomic E-state index is 6.04. The lowest BCUT2D eigenvalue weighted by Crippen LogP contribution is -2.25. The third-order valence-electron chi connectivity index (χ3n) is 2.60. The Morgan fingerprint density at radius 3 is 2.79 bits per heavy atom. The minimum Gasteiger partial charge on any atom is -0.327 e. The van der Waals surface area contributed by atoms with Gasteiger partial charge >= 0.3 is 0 Å². The van der Waals surface area contributed by atoms with Crippen LogP contribution in [0.25, 0.3) is 0 Å². The molecule has 1 aromatic heterocycles. The van der Waals surface area contributed by atoms with Gasteiger partial charge in [0.05, 0.1) is 0 Å². The van der Waals surface area contributed by atoms with Crippen LogP contribution in [-0.4, -0.2) is 11.0 Å². The number of nitrogens with zero attached hydrogens (tertiary/aromatic N) is 1. The number of aromatic nitrogens is 1. The Morgan fingerprint density at radius 1 is 1.43 bits per heavy atom. The minimum atomic E-state index is 0.250. The highest BCUT2D eigenvalue weighted by Crippen LogP contribution is 2.11. The zero-order valence-corrected chi connectivity index (χ0v) is 9.11. The molecule has 0 amide bonds. The van der Waals surface area contributed by atoms with Gasteiger partial charge in [0.15, 0.2) is 0 Å². The van der Waals surface area contributed by atoms with Crippen LogP contribution in [0.2, 0.25) is 0 Å². The third-order valence-corrected chi connectivity index (χ3v) is 2.60. The van der Waals surface area contributed by atoms with E-state index in [1.165, 1.54) is 6.42 Å². The van der Waals surface area contributed by atoms with Gasteiger partial charge < -0.3 is 5.73 Å². The van der Waals surface area contributed by atoms with Crippen molar-refractivity contribution in [3.8, 4) is 0 Å². The van der Waals surface area contributed by atoms with Gasteiger partial charge in [-0.2, -0.15) is 0 Å². The molecule has 1 rings (SSSR count). The molecule has 2 unspecified atom stereocenters. The number of nitrogens with two attached hydrogens (primary N) is 1. The predicted octanol–water partition coefficient (Wildman–Crippen LogP) is 2.39. The Morgan fingerprint density at radius 2 is 2.21 bits per heavy atom. The summed E-state index contributed by atoms with van der Waals surface area (Å²) in [6.45, 7) is 4.45. The van der Waals surface area contributed by atoms with Crippen molar-refractivity contribution in [2.45, 2.75) is 39.2 Å². The summed E-state index contributed by atoms with van der Waals surface area (Å²) in [5.41, 5.74) is 7.14. The predicted molar refractivity (Wildman–Crippen MR) is 60.0 cm³/mol. The second kappa shape index (κ2) is 5.76. The molecule has 1 aromatic rings. The third kappa shape index (κ3) is 3.88. The van der Waals surface area contributed by atoms with Crippen LogP contribution >= 0.6 is 0 Å². The van der Waals surface area contributed by atoms with Crippen molar-refractivity contribution in [1.82, 2.24) is 4.98 Å². The molecule has 78 valence electrons. The Labute approximate surface area is 86.5 Å². The highest BCUT2D eigenvalue weighted by atomic mass is 14.7. The van der Waals surface area contributed by atoms with E-state index in [-0.39, 0.29) is 6.04 Å². The molecule has 2 heteroatoms. The molecule has 0 aliphatic rings. The molecule has 14 heavy (non-hydrogen) atoms. The molecule has 0 aliphatic carbocycles. The highest BCUT2D eigenvalue weighted by Gasteiger charge is 2.08. The van der Waals surface area contributed by atoms with E-state index in [9.17, 15) is 0 Å². The molecule has 0 saturated heterocycles. The summed E-state index contributed by atoms with van der Waals surface area (Å²) in [7, 11) is 0. The quantitative estimate of drug-likeness (QED) is 0.778. The van der Waals surface area contributed by atoms with Gasteiger partial charge in [-0.3, -0.25) is 4.98 Å². The van der Waals surface area contributed by atoms with Crippen LogP contribution in [0, 0.1) is 5.92 Å². The van der Waals surface area contributed by atoms with E-state index >= 15 is 0 Å². The fourth-order valence-corrected chi connectivity index (χ4v) is 1.55. The van der Waals surface area contributed by atoms with Crippen LogP contribution in [0.5, 0.6) is 0 Å². The molecule has 1 heterocycles. The van der Waals surface area contributed by atoms with Crippen LogP contribution in [0.1, 0.15) is 32.4 Å². The number of hydrogen-bond acceptors (Lipinski definition) is 2. The van der Waals surface area contributed by atoms with E-state index in [0.717, 1.165) is 18.5 Å². The van der Waals surface area contributed by atoms with Gasteiger partial charge in [-0.1, -0.05) is 26.3 Å². The standard InChI is InChI=1S/C12H20N2/c1-3-10(2)8-11(13)9-12-6-4-5-7-14-12/h4-7,10-11H,3,8-9,13H2,1-2H3. The summed E-state index contributed by atoms with van der Waals surface area (Å²) in [5, 5.41) is 0. The molecule has 0 aliphatic heterocycles. The average Bonchev–Trinajstić information content (AvgIpc) is 2.19. The Kier molecular flexibility index (Phi) is 4.60. The second-order valence-corrected chi connectivity index (χ2v) is 4.03. The van der Waals surface area contributed by atoms with Crippen LogP contribution in [-0.2, 0) is 6.42 Å². The van der Waals surface area contributed by atoms with Crippen molar-refractivity contribution < 1.29 is 0 Å². The van der Waals surface area contributed by atoms with Crippen molar-refractivity contribution in [3.63, 3.8) is 0 Å². The topological polar surface area (TPSA) is 38.9 Å². The summed E-state index contributed by atoms with van der Waals surface area (Å²) in [6.07, 6.45) is 5.01. The Hall–Kier alpha value is -0.890. The van der Waals surface area contributed by atoms with E-state index in [1.54, 1.807) is 0 Å². The van der Waals surface area contributed by atoms with Crippen LogP contribution in [0.4, 0.5) is 0 Å². The van der Waals surface area contributed by atoms with Gasteiger partial charge in [-0.15, -0.1) is 0 Å². The summed E-state index contributed by atoms with van der Waals surface area (Å²) in [5.74, 6) is 0.716. The molecular weight excluding hydrogens is 172 g/mol. The summed E-state index contributed by atoms with van der Waals surface area (Å²) >= 11 is 0. The monoisotopic (exact) mass is 192 g/mol. The van der Waals surface area contributed by atoms with E-state index in [4.69, 9.17) is 5.73 Å². The molecule has 2 N–H and O–H groups in total. The van der Waals surface area contributed by atoms with Crippen LogP contribution < -0.4 is 5.73 Å². The number of pyridine rings is 1. The van der Waals surface area contributed by atoms with E-state index in [1.807, 2.05) is 24.4 Å².